The van der Waals surface area contributed by atoms with Crippen LogP contribution in [0, 0.1) is 5.82 Å². The van der Waals surface area contributed by atoms with Crippen molar-refractivity contribution >= 4 is 22.6 Å². The second-order valence-electron chi connectivity index (χ2n) is 6.60. The van der Waals surface area contributed by atoms with Crippen molar-refractivity contribution in [3.8, 4) is 11.3 Å². The Labute approximate surface area is 168 Å². The quantitative estimate of drug-likeness (QED) is 0.478. The number of hydrogen-bond acceptors (Lipinski definition) is 3. The maximum Gasteiger partial charge on any atom is 0.416 e. The Bertz CT molecular complexity index is 1260. The standard InChI is InChI=1S/C21H14F4N4O/c1-29-19-17(11-26-29)16(20(30)27-15-7-3-6-14(22)9-15)10-18(28-19)12-4-2-5-13(8-12)21(23,24)25/h2-11H,1H3,(H,27,30). The Morgan fingerprint density at radius 2 is 1.83 bits per heavy atom. The number of anilines is 1. The normalized spacial score (nSPS) is 11.6. The minimum Gasteiger partial charge on any atom is -0.322 e. The molecule has 0 saturated heterocycles. The van der Waals surface area contributed by atoms with Crippen molar-refractivity contribution in [1.82, 2.24) is 14.8 Å². The molecular formula is C21H14F4N4O. The molecule has 0 aliphatic carbocycles. The van der Waals surface area contributed by atoms with Gasteiger partial charge >= 0.3 is 6.18 Å². The summed E-state index contributed by atoms with van der Waals surface area (Å²) < 4.78 is 54.2. The first-order valence-corrected chi connectivity index (χ1v) is 8.80. The number of alkyl halides is 3. The summed E-state index contributed by atoms with van der Waals surface area (Å²) in [5, 5.41) is 7.10. The number of aryl methyl sites for hydroxylation is 1. The molecule has 0 fully saturated rings. The number of carbonyl (C=O) groups is 1. The lowest BCUT2D eigenvalue weighted by Gasteiger charge is -2.11. The molecule has 2 aromatic heterocycles. The number of amides is 1. The average molecular weight is 414 g/mol. The van der Waals surface area contributed by atoms with Gasteiger partial charge in [0.25, 0.3) is 5.91 Å². The number of carbonyl (C=O) groups excluding carboxylic acids is 1. The van der Waals surface area contributed by atoms with E-state index in [0.29, 0.717) is 11.0 Å². The third kappa shape index (κ3) is 3.73. The Morgan fingerprint density at radius 3 is 2.57 bits per heavy atom. The first kappa shape index (κ1) is 19.6. The van der Waals surface area contributed by atoms with Crippen molar-refractivity contribution in [3.63, 3.8) is 0 Å². The van der Waals surface area contributed by atoms with Gasteiger partial charge in [0, 0.05) is 18.3 Å². The van der Waals surface area contributed by atoms with Gasteiger partial charge in [-0.3, -0.25) is 9.48 Å². The number of benzene rings is 2. The first-order chi connectivity index (χ1) is 14.2. The highest BCUT2D eigenvalue weighted by Crippen LogP contribution is 2.33. The molecule has 0 atom stereocenters. The Morgan fingerprint density at radius 1 is 1.07 bits per heavy atom. The van der Waals surface area contributed by atoms with E-state index in [2.05, 4.69) is 15.4 Å². The minimum absolute atomic E-state index is 0.157. The zero-order chi connectivity index (χ0) is 21.5. The van der Waals surface area contributed by atoms with E-state index in [4.69, 9.17) is 0 Å². The fraction of sp³-hybridized carbons (Fsp3) is 0.0952. The van der Waals surface area contributed by atoms with Crippen LogP contribution in [0.15, 0.2) is 60.8 Å². The van der Waals surface area contributed by atoms with Crippen molar-refractivity contribution in [2.75, 3.05) is 5.32 Å². The van der Waals surface area contributed by atoms with Crippen molar-refractivity contribution in [3.05, 3.63) is 77.7 Å². The number of aromatic nitrogens is 3. The van der Waals surface area contributed by atoms with Crippen molar-refractivity contribution in [1.29, 1.82) is 0 Å². The predicted octanol–water partition coefficient (Wildman–Crippen LogP) is 5.05. The highest BCUT2D eigenvalue weighted by Gasteiger charge is 2.30. The van der Waals surface area contributed by atoms with Crippen LogP contribution in [0.3, 0.4) is 0 Å². The SMILES string of the molecule is Cn1ncc2c(C(=O)Nc3cccc(F)c3)cc(-c3cccc(C(F)(F)F)c3)nc21. The first-order valence-electron chi connectivity index (χ1n) is 8.80. The topological polar surface area (TPSA) is 59.8 Å². The number of halogens is 4. The molecule has 0 unspecified atom stereocenters. The van der Waals surface area contributed by atoms with Crippen LogP contribution >= 0.6 is 0 Å². The molecule has 0 radical (unpaired) electrons. The summed E-state index contributed by atoms with van der Waals surface area (Å²) in [6, 6.07) is 11.5. The van der Waals surface area contributed by atoms with Crippen LogP contribution in [0.5, 0.6) is 0 Å². The van der Waals surface area contributed by atoms with E-state index in [-0.39, 0.29) is 22.5 Å². The van der Waals surface area contributed by atoms with Crippen molar-refractivity contribution < 1.29 is 22.4 Å². The average Bonchev–Trinajstić information content (AvgIpc) is 3.07. The maximum absolute atomic E-state index is 13.4. The summed E-state index contributed by atoms with van der Waals surface area (Å²) in [6.07, 6.45) is -3.07. The molecule has 0 aliphatic rings. The Kier molecular flexibility index (Phi) is 4.73. The molecule has 4 rings (SSSR count). The van der Waals surface area contributed by atoms with Gasteiger partial charge in [0.1, 0.15) is 5.82 Å². The molecule has 0 bridgehead atoms. The van der Waals surface area contributed by atoms with Crippen LogP contribution < -0.4 is 5.32 Å². The Hall–Kier alpha value is -3.75. The van der Waals surface area contributed by atoms with Crippen LogP contribution in [0.4, 0.5) is 23.2 Å². The van der Waals surface area contributed by atoms with Gasteiger partial charge in [-0.15, -0.1) is 0 Å². The molecule has 0 spiro atoms. The summed E-state index contributed by atoms with van der Waals surface area (Å²) in [6.45, 7) is 0. The summed E-state index contributed by atoms with van der Waals surface area (Å²) >= 11 is 0. The van der Waals surface area contributed by atoms with Crippen LogP contribution in [-0.4, -0.2) is 20.7 Å². The summed E-state index contributed by atoms with van der Waals surface area (Å²) in [5.41, 5.74) is 0.292. The molecule has 5 nitrogen and oxygen atoms in total. The lowest BCUT2D eigenvalue weighted by Crippen LogP contribution is -2.13. The minimum atomic E-state index is -4.51. The van der Waals surface area contributed by atoms with E-state index in [1.807, 2.05) is 0 Å². The molecule has 1 amide bonds. The second kappa shape index (κ2) is 7.25. The van der Waals surface area contributed by atoms with E-state index in [9.17, 15) is 22.4 Å². The zero-order valence-electron chi connectivity index (χ0n) is 15.5. The van der Waals surface area contributed by atoms with Gasteiger partial charge in [0.15, 0.2) is 5.65 Å². The van der Waals surface area contributed by atoms with Gasteiger partial charge in [0.05, 0.1) is 28.4 Å². The summed E-state index contributed by atoms with van der Waals surface area (Å²) in [5.74, 6) is -1.08. The third-order valence-corrected chi connectivity index (χ3v) is 4.52. The number of rotatable bonds is 3. The van der Waals surface area contributed by atoms with Crippen molar-refractivity contribution in [2.45, 2.75) is 6.18 Å². The molecule has 4 aromatic rings. The monoisotopic (exact) mass is 414 g/mol. The van der Waals surface area contributed by atoms with E-state index in [0.717, 1.165) is 18.2 Å². The Balaban J connectivity index is 1.82. The van der Waals surface area contributed by atoms with Crippen molar-refractivity contribution in [2.24, 2.45) is 7.05 Å². The van der Waals surface area contributed by atoms with Crippen LogP contribution in [0.1, 0.15) is 15.9 Å². The number of nitrogens with zero attached hydrogens (tertiary/aromatic N) is 3. The van der Waals surface area contributed by atoms with Gasteiger partial charge in [0.2, 0.25) is 0 Å². The molecule has 152 valence electrons. The van der Waals surface area contributed by atoms with Gasteiger partial charge in [-0.25, -0.2) is 9.37 Å². The van der Waals surface area contributed by atoms with Crippen LogP contribution in [0.25, 0.3) is 22.3 Å². The fourth-order valence-corrected chi connectivity index (χ4v) is 3.07. The van der Waals surface area contributed by atoms with Crippen LogP contribution in [0.2, 0.25) is 0 Å². The smallest absolute Gasteiger partial charge is 0.322 e. The molecule has 30 heavy (non-hydrogen) atoms. The van der Waals surface area contributed by atoms with Gasteiger partial charge in [-0.1, -0.05) is 18.2 Å². The molecule has 2 heterocycles. The zero-order valence-corrected chi connectivity index (χ0v) is 15.5. The van der Waals surface area contributed by atoms with Crippen LogP contribution in [-0.2, 0) is 13.2 Å². The molecule has 1 N–H and O–H groups in total. The van der Waals surface area contributed by atoms with Gasteiger partial charge in [-0.05, 0) is 36.4 Å². The van der Waals surface area contributed by atoms with Gasteiger partial charge < -0.3 is 5.32 Å². The van der Waals surface area contributed by atoms with Gasteiger partial charge in [-0.2, -0.15) is 18.3 Å². The molecule has 0 saturated carbocycles. The van der Waals surface area contributed by atoms with E-state index in [1.54, 1.807) is 7.05 Å². The number of hydrogen-bond donors (Lipinski definition) is 1. The molecule has 2 aromatic carbocycles. The van der Waals surface area contributed by atoms with E-state index in [1.165, 1.54) is 47.3 Å². The molecular weight excluding hydrogens is 400 g/mol. The fourth-order valence-electron chi connectivity index (χ4n) is 3.07. The lowest BCUT2D eigenvalue weighted by molar-refractivity contribution is -0.137. The van der Waals surface area contributed by atoms with E-state index >= 15 is 0 Å². The highest BCUT2D eigenvalue weighted by atomic mass is 19.4. The largest absolute Gasteiger partial charge is 0.416 e. The third-order valence-electron chi connectivity index (χ3n) is 4.52. The summed E-state index contributed by atoms with van der Waals surface area (Å²) in [7, 11) is 1.61. The predicted molar refractivity (Wildman–Crippen MR) is 103 cm³/mol. The molecule has 0 aliphatic heterocycles. The number of pyridine rings is 1. The summed E-state index contributed by atoms with van der Waals surface area (Å²) in [4.78, 5) is 17.3. The highest BCUT2D eigenvalue weighted by molar-refractivity contribution is 6.12. The lowest BCUT2D eigenvalue weighted by atomic mass is 10.0. The van der Waals surface area contributed by atoms with E-state index < -0.39 is 23.5 Å². The number of nitrogens with one attached hydrogen (secondary N) is 1. The number of fused-ring (bicyclic) bond motifs is 1. The molecule has 9 heteroatoms. The maximum atomic E-state index is 13.4. The second-order valence-corrected chi connectivity index (χ2v) is 6.60.